The van der Waals surface area contributed by atoms with Crippen LogP contribution in [0, 0.1) is 13.8 Å². The van der Waals surface area contributed by atoms with Gasteiger partial charge in [0.15, 0.2) is 5.65 Å². The molecule has 2 saturated heterocycles. The molecule has 2 N–H and O–H groups in total. The van der Waals surface area contributed by atoms with Gasteiger partial charge >= 0.3 is 11.3 Å². The zero-order chi connectivity index (χ0) is 33.8. The van der Waals surface area contributed by atoms with Crippen molar-refractivity contribution in [3.05, 3.63) is 62.5 Å². The number of amides is 1. The highest BCUT2D eigenvalue weighted by Crippen LogP contribution is 2.61. The maximum atomic E-state index is 12.5. The Bertz CT molecular complexity index is 1730. The van der Waals surface area contributed by atoms with Gasteiger partial charge in [-0.25, -0.2) is 18.8 Å². The number of carbonyl (C=O) groups is 1. The van der Waals surface area contributed by atoms with Gasteiger partial charge in [-0.15, -0.1) is 12.4 Å². The third-order valence-corrected chi connectivity index (χ3v) is 7.78. The summed E-state index contributed by atoms with van der Waals surface area (Å²) in [4.78, 5) is 33.2. The highest BCUT2D eigenvalue weighted by molar-refractivity contribution is 8.24. The molecule has 0 radical (unpaired) electrons. The molecule has 2 fully saturated rings. The predicted molar refractivity (Wildman–Crippen MR) is 190 cm³/mol. The van der Waals surface area contributed by atoms with Crippen molar-refractivity contribution in [3.63, 3.8) is 0 Å². The first kappa shape index (κ1) is 39.4. The normalized spacial score (nSPS) is 18.4. The van der Waals surface area contributed by atoms with Gasteiger partial charge in [-0.3, -0.25) is 14.3 Å². The number of nitrogens with zero attached hydrogens (tertiary/aromatic N) is 6. The molecule has 0 bridgehead atoms. The number of hydrogen-bond acceptors (Lipinski definition) is 8. The molecule has 6 heterocycles. The van der Waals surface area contributed by atoms with Crippen molar-refractivity contribution in [1.82, 2.24) is 39.4 Å². The average molecular weight is 773 g/mol. The molecule has 0 aliphatic carbocycles. The van der Waals surface area contributed by atoms with E-state index >= 15 is 0 Å². The molecule has 0 saturated carbocycles. The van der Waals surface area contributed by atoms with Crippen LogP contribution < -0.4 is 10.9 Å². The molecule has 0 aromatic carbocycles. The van der Waals surface area contributed by atoms with Gasteiger partial charge < -0.3 is 15.0 Å². The van der Waals surface area contributed by atoms with E-state index in [9.17, 15) is 14.2 Å². The Labute approximate surface area is 299 Å². The van der Waals surface area contributed by atoms with Gasteiger partial charge in [0.25, 0.3) is 5.56 Å². The molecule has 18 heteroatoms. The monoisotopic (exact) mass is 770 g/mol. The molecule has 12 nitrogen and oxygen atoms in total. The lowest BCUT2D eigenvalue weighted by atomic mass is 10.00. The molecular formula is C29H40Cl5N8O4P. The lowest BCUT2D eigenvalue weighted by Crippen LogP contribution is -2.42. The summed E-state index contributed by atoms with van der Waals surface area (Å²) in [5.41, 5.74) is 4.20. The second kappa shape index (κ2) is 16.6. The minimum atomic E-state index is -3.22. The van der Waals surface area contributed by atoms with Crippen molar-refractivity contribution in [3.8, 4) is 0 Å². The Kier molecular flexibility index (Phi) is 13.9. The zero-order valence-electron chi connectivity index (χ0n) is 26.8. The van der Waals surface area contributed by atoms with Gasteiger partial charge in [-0.05, 0) is 107 Å². The summed E-state index contributed by atoms with van der Waals surface area (Å²) in [5, 5.41) is 9.96. The number of likely N-dealkylation sites (tertiary alicyclic amines) is 1. The smallest absolute Gasteiger partial charge is 0.410 e. The van der Waals surface area contributed by atoms with Crippen LogP contribution in [-0.4, -0.2) is 58.9 Å². The SMILES string of the molecule is Cc1cn2nc([C@@H]3CCCCN3)cc2nc1Cl.Cc1cn2nc([C@@H]3CCCCN3C(=O)OC(C)(C)C)cc2[nH]c1=O.Cl.O=P(Cl)(Cl)Cl. The molecule has 2 aliphatic heterocycles. The van der Waals surface area contributed by atoms with E-state index in [2.05, 4.69) is 59.2 Å². The minimum Gasteiger partial charge on any atom is -0.444 e. The van der Waals surface area contributed by atoms with E-state index in [-0.39, 0.29) is 30.1 Å². The van der Waals surface area contributed by atoms with E-state index in [1.54, 1.807) is 22.5 Å². The highest BCUT2D eigenvalue weighted by atomic mass is 36.0. The number of ether oxygens (including phenoxy) is 1. The summed E-state index contributed by atoms with van der Waals surface area (Å²) >= 11 is 19.9. The molecule has 6 rings (SSSR count). The quantitative estimate of drug-likeness (QED) is 0.153. The number of H-pyrrole nitrogens is 1. The van der Waals surface area contributed by atoms with Crippen LogP contribution >= 0.6 is 62.9 Å². The molecule has 2 aliphatic rings. The number of rotatable bonds is 2. The number of halogens is 5. The fraction of sp³-hybridized carbons (Fsp3) is 0.552. The Morgan fingerprint density at radius 1 is 0.979 bits per heavy atom. The summed E-state index contributed by atoms with van der Waals surface area (Å²) in [6.07, 6.45) is 9.82. The molecule has 4 aromatic heterocycles. The maximum absolute atomic E-state index is 12.5. The van der Waals surface area contributed by atoms with E-state index in [4.69, 9.17) is 16.3 Å². The van der Waals surface area contributed by atoms with E-state index in [1.807, 2.05) is 50.5 Å². The number of carbonyl (C=O) groups excluding carboxylic acids is 1. The Morgan fingerprint density at radius 3 is 2.26 bits per heavy atom. The first-order valence-corrected chi connectivity index (χ1v) is 19.8. The topological polar surface area (TPSA) is 139 Å². The fourth-order valence-electron chi connectivity index (χ4n) is 5.28. The van der Waals surface area contributed by atoms with Crippen LogP contribution in [-0.2, 0) is 9.30 Å². The van der Waals surface area contributed by atoms with Crippen molar-refractivity contribution in [2.75, 3.05) is 13.1 Å². The molecule has 4 aromatic rings. The molecule has 0 spiro atoms. The van der Waals surface area contributed by atoms with Crippen molar-refractivity contribution in [2.24, 2.45) is 0 Å². The Balaban J connectivity index is 0.000000228. The van der Waals surface area contributed by atoms with Crippen LogP contribution in [0.15, 0.2) is 29.3 Å². The van der Waals surface area contributed by atoms with Crippen molar-refractivity contribution in [1.29, 1.82) is 0 Å². The molecule has 260 valence electrons. The lowest BCUT2D eigenvalue weighted by molar-refractivity contribution is 0.00897. The van der Waals surface area contributed by atoms with E-state index in [0.29, 0.717) is 29.0 Å². The van der Waals surface area contributed by atoms with Crippen LogP contribution in [0.5, 0.6) is 0 Å². The van der Waals surface area contributed by atoms with Crippen LogP contribution in [0.4, 0.5) is 4.79 Å². The van der Waals surface area contributed by atoms with Gasteiger partial charge in [0.1, 0.15) is 16.4 Å². The largest absolute Gasteiger partial charge is 0.444 e. The van der Waals surface area contributed by atoms with Crippen LogP contribution in [0.1, 0.15) is 93.9 Å². The number of hydrogen-bond donors (Lipinski definition) is 2. The summed E-state index contributed by atoms with van der Waals surface area (Å²) in [7, 11) is 0. The molecular weight excluding hydrogens is 733 g/mol. The number of fused-ring (bicyclic) bond motifs is 2. The first-order valence-electron chi connectivity index (χ1n) is 15.0. The first-order chi connectivity index (χ1) is 21.5. The zero-order valence-corrected chi connectivity index (χ0v) is 31.5. The Morgan fingerprint density at radius 2 is 1.62 bits per heavy atom. The maximum Gasteiger partial charge on any atom is 0.410 e. The highest BCUT2D eigenvalue weighted by Gasteiger charge is 2.33. The third kappa shape index (κ3) is 11.5. The third-order valence-electron chi connectivity index (χ3n) is 7.40. The predicted octanol–water partition coefficient (Wildman–Crippen LogP) is 8.53. The van der Waals surface area contributed by atoms with E-state index in [1.165, 1.54) is 12.8 Å². The average Bonchev–Trinajstić information content (AvgIpc) is 3.56. The summed E-state index contributed by atoms with van der Waals surface area (Å²) in [6, 6.07) is 4.10. The molecule has 47 heavy (non-hydrogen) atoms. The van der Waals surface area contributed by atoms with Gasteiger partial charge in [0.2, 0.25) is 0 Å². The standard InChI is InChI=1S/C17H24N4O3.C12H15ClN4.Cl3OP.ClH/c1-11-10-21-14(18-15(11)22)9-12(19-21)13-7-5-6-8-20(13)16(23)24-17(2,3)4;1-8-7-17-11(15-12(8)13)6-10(16-17)9-4-2-3-5-14-9;1-5(2,3)4;/h9-10,13H,5-8H2,1-4H3,(H,18,22);6-7,9,14H,2-5H2,1H3;;1H/t13-;9-;;/m00../s1. The fourth-order valence-corrected chi connectivity index (χ4v) is 5.42. The second-order valence-corrected chi connectivity index (χ2v) is 19.3. The second-order valence-electron chi connectivity index (χ2n) is 12.3. The van der Waals surface area contributed by atoms with Crippen LogP contribution in [0.3, 0.4) is 0 Å². The summed E-state index contributed by atoms with van der Waals surface area (Å²) < 4.78 is 18.5. The number of aromatic nitrogens is 6. The van der Waals surface area contributed by atoms with Gasteiger partial charge in [0.05, 0.1) is 23.5 Å². The van der Waals surface area contributed by atoms with Crippen molar-refractivity contribution >= 4 is 80.3 Å². The summed E-state index contributed by atoms with van der Waals surface area (Å²) in [6.45, 7) is 11.0. The van der Waals surface area contributed by atoms with Crippen LogP contribution in [0.2, 0.25) is 5.15 Å². The van der Waals surface area contributed by atoms with E-state index < -0.39 is 10.8 Å². The summed E-state index contributed by atoms with van der Waals surface area (Å²) in [5.74, 6) is 0. The lowest BCUT2D eigenvalue weighted by Gasteiger charge is -2.35. The van der Waals surface area contributed by atoms with Gasteiger partial charge in [-0.2, -0.15) is 10.2 Å². The van der Waals surface area contributed by atoms with Gasteiger partial charge in [-0.1, -0.05) is 18.0 Å². The number of nitrogens with one attached hydrogen (secondary N) is 2. The molecule has 2 atom stereocenters. The molecule has 1 amide bonds. The number of aromatic amines is 1. The molecule has 0 unspecified atom stereocenters. The van der Waals surface area contributed by atoms with Crippen molar-refractivity contribution < 1.29 is 14.1 Å². The number of aryl methyl sites for hydroxylation is 2. The van der Waals surface area contributed by atoms with Crippen LogP contribution in [0.25, 0.3) is 11.3 Å². The van der Waals surface area contributed by atoms with E-state index in [0.717, 1.165) is 54.8 Å². The number of piperidine rings is 2. The Hall–Kier alpha value is -2.05. The van der Waals surface area contributed by atoms with Crippen molar-refractivity contribution in [2.45, 2.75) is 90.8 Å². The minimum absolute atomic E-state index is 0. The van der Waals surface area contributed by atoms with Gasteiger partial charge in [0, 0.05) is 42.2 Å².